The quantitative estimate of drug-likeness (QED) is 0.929. The van der Waals surface area contributed by atoms with Gasteiger partial charge in [0, 0.05) is 24.8 Å². The fraction of sp³-hybridized carbons (Fsp3) is 0.278. The Morgan fingerprint density at radius 3 is 2.79 bits per heavy atom. The molecular formula is C18H18ClN3O2. The van der Waals surface area contributed by atoms with Gasteiger partial charge in [0.15, 0.2) is 0 Å². The lowest BCUT2D eigenvalue weighted by Gasteiger charge is -2.20. The second kappa shape index (κ2) is 6.61. The number of anilines is 2. The highest BCUT2D eigenvalue weighted by molar-refractivity contribution is 6.30. The van der Waals surface area contributed by atoms with Crippen LogP contribution in [0.3, 0.4) is 0 Å². The van der Waals surface area contributed by atoms with Crippen molar-refractivity contribution in [1.29, 1.82) is 0 Å². The maximum atomic E-state index is 12.4. The lowest BCUT2D eigenvalue weighted by molar-refractivity contribution is -0.122. The van der Waals surface area contributed by atoms with Gasteiger partial charge in [-0.05, 0) is 43.2 Å². The molecule has 0 spiro atoms. The van der Waals surface area contributed by atoms with E-state index in [-0.39, 0.29) is 18.2 Å². The summed E-state index contributed by atoms with van der Waals surface area (Å²) in [6.45, 7) is 4.38. The fourth-order valence-electron chi connectivity index (χ4n) is 2.82. The molecule has 6 heteroatoms. The molecule has 1 aliphatic heterocycles. The van der Waals surface area contributed by atoms with Gasteiger partial charge in [-0.2, -0.15) is 0 Å². The van der Waals surface area contributed by atoms with Gasteiger partial charge in [0.05, 0.1) is 10.9 Å². The molecule has 1 fully saturated rings. The summed E-state index contributed by atoms with van der Waals surface area (Å²) in [5.74, 6) is -0.198. The van der Waals surface area contributed by atoms with Crippen molar-refractivity contribution in [3.05, 3.63) is 52.7 Å². The van der Waals surface area contributed by atoms with Crippen molar-refractivity contribution in [2.75, 3.05) is 16.8 Å². The number of pyridine rings is 1. The Labute approximate surface area is 145 Å². The maximum Gasteiger partial charge on any atom is 0.230 e. The summed E-state index contributed by atoms with van der Waals surface area (Å²) < 4.78 is 0. The van der Waals surface area contributed by atoms with E-state index in [2.05, 4.69) is 10.3 Å². The predicted molar refractivity (Wildman–Crippen MR) is 94.3 cm³/mol. The van der Waals surface area contributed by atoms with Crippen LogP contribution in [0, 0.1) is 19.8 Å². The van der Waals surface area contributed by atoms with Crippen molar-refractivity contribution < 1.29 is 9.59 Å². The SMILES string of the molecule is Cc1cccc(N2CC(C(=O)Nc3ccc(Cl)cn3)CC2=O)c1C. The van der Waals surface area contributed by atoms with Crippen LogP contribution < -0.4 is 10.2 Å². The largest absolute Gasteiger partial charge is 0.311 e. The number of hydrogen-bond donors (Lipinski definition) is 1. The van der Waals surface area contributed by atoms with Crippen LogP contribution >= 0.6 is 11.6 Å². The average molecular weight is 344 g/mol. The Hall–Kier alpha value is -2.40. The van der Waals surface area contributed by atoms with Crippen LogP contribution in [0.1, 0.15) is 17.5 Å². The molecule has 1 saturated heterocycles. The first-order valence-corrected chi connectivity index (χ1v) is 8.12. The highest BCUT2D eigenvalue weighted by Gasteiger charge is 2.35. The number of halogens is 1. The van der Waals surface area contributed by atoms with E-state index < -0.39 is 5.92 Å². The molecule has 5 nitrogen and oxygen atoms in total. The zero-order valence-corrected chi connectivity index (χ0v) is 14.3. The standard InChI is InChI=1S/C18H18ClN3O2/c1-11-4-3-5-15(12(11)2)22-10-13(8-17(22)23)18(24)21-16-7-6-14(19)9-20-16/h3-7,9,13H,8,10H2,1-2H3,(H,20,21,24). The molecule has 2 amide bonds. The third-order valence-electron chi connectivity index (χ3n) is 4.34. The normalized spacial score (nSPS) is 17.2. The first-order valence-electron chi connectivity index (χ1n) is 7.74. The molecular weight excluding hydrogens is 326 g/mol. The first kappa shape index (κ1) is 16.5. The second-order valence-corrected chi connectivity index (χ2v) is 6.41. The predicted octanol–water partition coefficient (Wildman–Crippen LogP) is 3.34. The third kappa shape index (κ3) is 3.26. The Morgan fingerprint density at radius 2 is 2.08 bits per heavy atom. The summed E-state index contributed by atoms with van der Waals surface area (Å²) in [7, 11) is 0. The van der Waals surface area contributed by atoms with Crippen LogP contribution in [0.25, 0.3) is 0 Å². The zero-order chi connectivity index (χ0) is 17.3. The highest BCUT2D eigenvalue weighted by Crippen LogP contribution is 2.29. The van der Waals surface area contributed by atoms with Crippen molar-refractivity contribution >= 4 is 34.9 Å². The van der Waals surface area contributed by atoms with E-state index in [1.54, 1.807) is 17.0 Å². The fourth-order valence-corrected chi connectivity index (χ4v) is 2.93. The minimum absolute atomic E-state index is 0.0343. The zero-order valence-electron chi connectivity index (χ0n) is 13.5. The van der Waals surface area contributed by atoms with Gasteiger partial charge in [0.1, 0.15) is 5.82 Å². The number of aryl methyl sites for hydroxylation is 1. The summed E-state index contributed by atoms with van der Waals surface area (Å²) in [6, 6.07) is 9.15. The van der Waals surface area contributed by atoms with Crippen molar-refractivity contribution in [1.82, 2.24) is 4.98 Å². The number of carbonyl (C=O) groups excluding carboxylic acids is 2. The minimum atomic E-state index is -0.394. The molecule has 1 atom stereocenters. The number of rotatable bonds is 3. The van der Waals surface area contributed by atoms with Gasteiger partial charge >= 0.3 is 0 Å². The molecule has 124 valence electrons. The van der Waals surface area contributed by atoms with Crippen LogP contribution in [0.4, 0.5) is 11.5 Å². The molecule has 24 heavy (non-hydrogen) atoms. The average Bonchev–Trinajstić information content (AvgIpc) is 2.94. The molecule has 2 aromatic rings. The van der Waals surface area contributed by atoms with Crippen molar-refractivity contribution in [2.24, 2.45) is 5.92 Å². The van der Waals surface area contributed by atoms with Crippen molar-refractivity contribution in [2.45, 2.75) is 20.3 Å². The molecule has 2 heterocycles. The lowest BCUT2D eigenvalue weighted by Crippen LogP contribution is -2.28. The van der Waals surface area contributed by atoms with Gasteiger partial charge in [0.2, 0.25) is 11.8 Å². The molecule has 1 N–H and O–H groups in total. The molecule has 0 aliphatic carbocycles. The van der Waals surface area contributed by atoms with Gasteiger partial charge < -0.3 is 10.2 Å². The highest BCUT2D eigenvalue weighted by atomic mass is 35.5. The van der Waals surface area contributed by atoms with Crippen LogP contribution in [-0.4, -0.2) is 23.3 Å². The number of nitrogens with zero attached hydrogens (tertiary/aromatic N) is 2. The molecule has 1 aliphatic rings. The molecule has 3 rings (SSSR count). The summed E-state index contributed by atoms with van der Waals surface area (Å²) in [4.78, 5) is 30.5. The minimum Gasteiger partial charge on any atom is -0.311 e. The molecule has 0 bridgehead atoms. The number of amides is 2. The van der Waals surface area contributed by atoms with E-state index in [0.29, 0.717) is 17.4 Å². The van der Waals surface area contributed by atoms with Gasteiger partial charge in [-0.25, -0.2) is 4.98 Å². The Bertz CT molecular complexity index is 789. The van der Waals surface area contributed by atoms with Crippen LogP contribution in [0.2, 0.25) is 5.02 Å². The second-order valence-electron chi connectivity index (χ2n) is 5.98. The lowest BCUT2D eigenvalue weighted by atomic mass is 10.1. The Morgan fingerprint density at radius 1 is 1.29 bits per heavy atom. The van der Waals surface area contributed by atoms with Crippen LogP contribution in [0.15, 0.2) is 36.5 Å². The van der Waals surface area contributed by atoms with Crippen molar-refractivity contribution in [3.8, 4) is 0 Å². The molecule has 0 radical (unpaired) electrons. The molecule has 1 aromatic carbocycles. The maximum absolute atomic E-state index is 12.4. The van der Waals surface area contributed by atoms with E-state index in [1.807, 2.05) is 32.0 Å². The number of benzene rings is 1. The van der Waals surface area contributed by atoms with Crippen LogP contribution in [0.5, 0.6) is 0 Å². The number of hydrogen-bond acceptors (Lipinski definition) is 3. The monoisotopic (exact) mass is 343 g/mol. The van der Waals surface area contributed by atoms with Gasteiger partial charge in [0.25, 0.3) is 0 Å². The topological polar surface area (TPSA) is 62.3 Å². The summed E-state index contributed by atoms with van der Waals surface area (Å²) in [6.07, 6.45) is 1.67. The summed E-state index contributed by atoms with van der Waals surface area (Å²) in [5, 5.41) is 3.25. The van der Waals surface area contributed by atoms with Gasteiger partial charge in [-0.3, -0.25) is 9.59 Å². The summed E-state index contributed by atoms with van der Waals surface area (Å²) in [5.41, 5.74) is 3.06. The number of nitrogens with one attached hydrogen (secondary N) is 1. The van der Waals surface area contributed by atoms with E-state index in [4.69, 9.17) is 11.6 Å². The first-order chi connectivity index (χ1) is 11.5. The van der Waals surface area contributed by atoms with E-state index in [9.17, 15) is 9.59 Å². The Kier molecular flexibility index (Phi) is 4.53. The molecule has 1 aromatic heterocycles. The molecule has 1 unspecified atom stereocenters. The van der Waals surface area contributed by atoms with Crippen molar-refractivity contribution in [3.63, 3.8) is 0 Å². The van der Waals surface area contributed by atoms with E-state index >= 15 is 0 Å². The summed E-state index contributed by atoms with van der Waals surface area (Å²) >= 11 is 5.78. The number of aromatic nitrogens is 1. The molecule has 0 saturated carbocycles. The van der Waals surface area contributed by atoms with Crippen LogP contribution in [-0.2, 0) is 9.59 Å². The van der Waals surface area contributed by atoms with E-state index in [1.165, 1.54) is 6.20 Å². The Balaban J connectivity index is 1.73. The van der Waals surface area contributed by atoms with Gasteiger partial charge in [-0.15, -0.1) is 0 Å². The van der Waals surface area contributed by atoms with E-state index in [0.717, 1.165) is 16.8 Å². The smallest absolute Gasteiger partial charge is 0.230 e. The van der Waals surface area contributed by atoms with Gasteiger partial charge in [-0.1, -0.05) is 23.7 Å². The number of carbonyl (C=O) groups is 2. The third-order valence-corrected chi connectivity index (χ3v) is 4.56.